The fraction of sp³-hybridized carbons (Fsp3) is 0.900. The average Bonchev–Trinajstić information content (AvgIpc) is 2.67. The molecule has 0 bridgehead atoms. The molecule has 13 heavy (non-hydrogen) atoms. The number of carboxylic acids is 1. The van der Waals surface area contributed by atoms with Crippen LogP contribution in [0.1, 0.15) is 33.6 Å². The van der Waals surface area contributed by atoms with Gasteiger partial charge in [0.05, 0.1) is 0 Å². The van der Waals surface area contributed by atoms with Crippen LogP contribution in [-0.2, 0) is 4.79 Å². The molecule has 1 unspecified atom stereocenters. The SMILES string of the molecule is CC(C)(C)CNC(C(=O)O)C1CC1. The van der Waals surface area contributed by atoms with E-state index in [1.54, 1.807) is 0 Å². The van der Waals surface area contributed by atoms with Gasteiger partial charge in [0.1, 0.15) is 6.04 Å². The minimum absolute atomic E-state index is 0.155. The highest BCUT2D eigenvalue weighted by Gasteiger charge is 2.36. The fourth-order valence-electron chi connectivity index (χ4n) is 1.30. The summed E-state index contributed by atoms with van der Waals surface area (Å²) >= 11 is 0. The number of rotatable bonds is 4. The van der Waals surface area contributed by atoms with Crippen molar-refractivity contribution in [3.63, 3.8) is 0 Å². The summed E-state index contributed by atoms with van der Waals surface area (Å²) in [5.74, 6) is -0.327. The van der Waals surface area contributed by atoms with E-state index in [0.717, 1.165) is 19.4 Å². The van der Waals surface area contributed by atoms with Gasteiger partial charge in [-0.25, -0.2) is 0 Å². The summed E-state index contributed by atoms with van der Waals surface area (Å²) in [4.78, 5) is 10.8. The zero-order valence-corrected chi connectivity index (χ0v) is 8.63. The van der Waals surface area contributed by atoms with Gasteiger partial charge in [0.15, 0.2) is 0 Å². The Labute approximate surface area is 79.5 Å². The Bertz CT molecular complexity index is 192. The molecule has 3 heteroatoms. The first-order chi connectivity index (χ1) is 5.90. The van der Waals surface area contributed by atoms with Crippen LogP contribution in [0.15, 0.2) is 0 Å². The van der Waals surface area contributed by atoms with Gasteiger partial charge in [0.2, 0.25) is 0 Å². The van der Waals surface area contributed by atoms with Gasteiger partial charge >= 0.3 is 5.97 Å². The molecular weight excluding hydrogens is 166 g/mol. The highest BCUT2D eigenvalue weighted by molar-refractivity contribution is 5.74. The lowest BCUT2D eigenvalue weighted by Crippen LogP contribution is -2.42. The molecule has 0 aromatic rings. The molecular formula is C10H19NO2. The van der Waals surface area contributed by atoms with Crippen LogP contribution < -0.4 is 5.32 Å². The second-order valence-corrected chi connectivity index (χ2v) is 5.09. The number of carbonyl (C=O) groups is 1. The van der Waals surface area contributed by atoms with Gasteiger partial charge in [-0.3, -0.25) is 4.79 Å². The molecule has 0 radical (unpaired) electrons. The number of hydrogen-bond acceptors (Lipinski definition) is 2. The van der Waals surface area contributed by atoms with Gasteiger partial charge in [-0.2, -0.15) is 0 Å². The molecule has 1 atom stereocenters. The zero-order valence-electron chi connectivity index (χ0n) is 8.63. The Balaban J connectivity index is 2.35. The zero-order chi connectivity index (χ0) is 10.1. The molecule has 1 fully saturated rings. The predicted molar refractivity (Wildman–Crippen MR) is 51.6 cm³/mol. The minimum Gasteiger partial charge on any atom is -0.480 e. The van der Waals surface area contributed by atoms with Crippen LogP contribution in [0.25, 0.3) is 0 Å². The lowest BCUT2D eigenvalue weighted by Gasteiger charge is -2.22. The summed E-state index contributed by atoms with van der Waals surface area (Å²) in [7, 11) is 0. The van der Waals surface area contributed by atoms with E-state index in [9.17, 15) is 4.79 Å². The minimum atomic E-state index is -0.702. The van der Waals surface area contributed by atoms with Crippen LogP contribution >= 0.6 is 0 Å². The Morgan fingerprint density at radius 2 is 2.08 bits per heavy atom. The number of hydrogen-bond donors (Lipinski definition) is 2. The normalized spacial score (nSPS) is 19.9. The van der Waals surface area contributed by atoms with Gasteiger partial charge in [0.25, 0.3) is 0 Å². The van der Waals surface area contributed by atoms with Gasteiger partial charge < -0.3 is 10.4 Å². The third kappa shape index (κ3) is 3.77. The van der Waals surface area contributed by atoms with Crippen LogP contribution in [0.5, 0.6) is 0 Å². The second-order valence-electron chi connectivity index (χ2n) is 5.09. The molecule has 0 amide bonds. The Hall–Kier alpha value is -0.570. The van der Waals surface area contributed by atoms with Crippen molar-refractivity contribution in [2.75, 3.05) is 6.54 Å². The monoisotopic (exact) mass is 185 g/mol. The van der Waals surface area contributed by atoms with E-state index < -0.39 is 5.97 Å². The second kappa shape index (κ2) is 3.66. The maximum absolute atomic E-state index is 10.8. The quantitative estimate of drug-likeness (QED) is 0.697. The van der Waals surface area contributed by atoms with Crippen molar-refractivity contribution < 1.29 is 9.90 Å². The Morgan fingerprint density at radius 1 is 1.54 bits per heavy atom. The molecule has 0 heterocycles. The first kappa shape index (κ1) is 10.5. The maximum atomic E-state index is 10.8. The van der Waals surface area contributed by atoms with E-state index in [4.69, 9.17) is 5.11 Å². The molecule has 3 nitrogen and oxygen atoms in total. The summed E-state index contributed by atoms with van der Waals surface area (Å²) in [6.45, 7) is 7.07. The van der Waals surface area contributed by atoms with Crippen LogP contribution in [-0.4, -0.2) is 23.7 Å². The average molecular weight is 185 g/mol. The Morgan fingerprint density at radius 3 is 2.38 bits per heavy atom. The first-order valence-electron chi connectivity index (χ1n) is 4.86. The van der Waals surface area contributed by atoms with Crippen LogP contribution in [0, 0.1) is 11.3 Å². The highest BCUT2D eigenvalue weighted by Crippen LogP contribution is 2.33. The fourth-order valence-corrected chi connectivity index (χ4v) is 1.30. The molecule has 0 aromatic heterocycles. The molecule has 1 saturated carbocycles. The number of aliphatic carboxylic acids is 1. The van der Waals surface area contributed by atoms with Crippen molar-refractivity contribution in [3.05, 3.63) is 0 Å². The van der Waals surface area contributed by atoms with Gasteiger partial charge in [-0.15, -0.1) is 0 Å². The summed E-state index contributed by atoms with van der Waals surface area (Å²) < 4.78 is 0. The van der Waals surface area contributed by atoms with Crippen LogP contribution in [0.4, 0.5) is 0 Å². The molecule has 1 rings (SSSR count). The van der Waals surface area contributed by atoms with E-state index >= 15 is 0 Å². The molecule has 1 aliphatic rings. The maximum Gasteiger partial charge on any atom is 0.320 e. The standard InChI is InChI=1S/C10H19NO2/c1-10(2,3)6-11-8(9(12)13)7-4-5-7/h7-8,11H,4-6H2,1-3H3,(H,12,13). The Kier molecular flexibility index (Phi) is 2.96. The summed E-state index contributed by atoms with van der Waals surface area (Å²) in [5, 5.41) is 12.0. The third-order valence-electron chi connectivity index (χ3n) is 2.21. The summed E-state index contributed by atoms with van der Waals surface area (Å²) in [5.41, 5.74) is 0.155. The van der Waals surface area contributed by atoms with Crippen molar-refractivity contribution in [2.45, 2.75) is 39.7 Å². The summed E-state index contributed by atoms with van der Waals surface area (Å²) in [6, 6.07) is -0.320. The van der Waals surface area contributed by atoms with Crippen molar-refractivity contribution in [1.29, 1.82) is 0 Å². The molecule has 76 valence electrons. The van der Waals surface area contributed by atoms with E-state index in [-0.39, 0.29) is 11.5 Å². The number of nitrogens with one attached hydrogen (secondary N) is 1. The molecule has 2 N–H and O–H groups in total. The predicted octanol–water partition coefficient (Wildman–Crippen LogP) is 1.49. The molecule has 1 aliphatic carbocycles. The van der Waals surface area contributed by atoms with Crippen molar-refractivity contribution in [3.8, 4) is 0 Å². The van der Waals surface area contributed by atoms with Crippen molar-refractivity contribution in [2.24, 2.45) is 11.3 Å². The topological polar surface area (TPSA) is 49.3 Å². The molecule has 0 aromatic carbocycles. The summed E-state index contributed by atoms with van der Waals surface area (Å²) in [6.07, 6.45) is 2.13. The van der Waals surface area contributed by atoms with Gasteiger partial charge in [-0.1, -0.05) is 20.8 Å². The number of carboxylic acid groups (broad SMARTS) is 1. The van der Waals surface area contributed by atoms with E-state index in [1.165, 1.54) is 0 Å². The highest BCUT2D eigenvalue weighted by atomic mass is 16.4. The smallest absolute Gasteiger partial charge is 0.320 e. The van der Waals surface area contributed by atoms with Crippen molar-refractivity contribution in [1.82, 2.24) is 5.32 Å². The van der Waals surface area contributed by atoms with Gasteiger partial charge in [-0.05, 0) is 24.2 Å². The first-order valence-corrected chi connectivity index (χ1v) is 4.86. The van der Waals surface area contributed by atoms with E-state index in [2.05, 4.69) is 26.1 Å². The van der Waals surface area contributed by atoms with E-state index in [1.807, 2.05) is 0 Å². The van der Waals surface area contributed by atoms with Crippen LogP contribution in [0.2, 0.25) is 0 Å². The van der Waals surface area contributed by atoms with Crippen LogP contribution in [0.3, 0.4) is 0 Å². The lowest BCUT2D eigenvalue weighted by atomic mass is 9.96. The molecule has 0 saturated heterocycles. The van der Waals surface area contributed by atoms with E-state index in [0.29, 0.717) is 5.92 Å². The third-order valence-corrected chi connectivity index (χ3v) is 2.21. The van der Waals surface area contributed by atoms with Crippen molar-refractivity contribution >= 4 is 5.97 Å². The molecule has 0 spiro atoms. The molecule has 0 aliphatic heterocycles. The van der Waals surface area contributed by atoms with Gasteiger partial charge in [0, 0.05) is 6.54 Å². The largest absolute Gasteiger partial charge is 0.480 e. The lowest BCUT2D eigenvalue weighted by molar-refractivity contribution is -0.140.